The molecule has 0 aliphatic heterocycles. The maximum absolute atomic E-state index is 7.32. The summed E-state index contributed by atoms with van der Waals surface area (Å²) in [6, 6.07) is 0. The van der Waals surface area contributed by atoms with E-state index in [2.05, 4.69) is 41.5 Å². The Morgan fingerprint density at radius 3 is 1.41 bits per heavy atom. The Morgan fingerprint density at radius 1 is 0.727 bits per heavy atom. The van der Waals surface area contributed by atoms with Gasteiger partial charge in [-0.15, -0.1) is 0 Å². The quantitative estimate of drug-likeness (QED) is 0.519. The average molecular weight is 321 g/mol. The van der Waals surface area contributed by atoms with Crippen LogP contribution in [0.5, 0.6) is 0 Å². The minimum atomic E-state index is 0.418. The van der Waals surface area contributed by atoms with Crippen LogP contribution in [0.2, 0.25) is 11.6 Å². The Balaban J connectivity index is 1.59. The van der Waals surface area contributed by atoms with E-state index in [0.29, 0.717) is 17.0 Å². The van der Waals surface area contributed by atoms with Crippen LogP contribution >= 0.6 is 11.5 Å². The van der Waals surface area contributed by atoms with E-state index in [4.69, 9.17) is 11.5 Å². The van der Waals surface area contributed by atoms with Crippen molar-refractivity contribution in [1.82, 2.24) is 0 Å². The van der Waals surface area contributed by atoms with Gasteiger partial charge in [-0.1, -0.05) is 41.5 Å². The van der Waals surface area contributed by atoms with Crippen LogP contribution in [-0.2, 0) is 0 Å². The smallest absolute Gasteiger partial charge is 0.195 e. The van der Waals surface area contributed by atoms with Crippen LogP contribution in [0.4, 0.5) is 0 Å². The molecule has 2 heteroatoms. The van der Waals surface area contributed by atoms with Crippen LogP contribution in [0.1, 0.15) is 67.2 Å². The minimum Gasteiger partial charge on any atom is -0.195 e. The Labute approximate surface area is 143 Å². The normalized spacial score (nSPS) is 54.1. The van der Waals surface area contributed by atoms with Crippen molar-refractivity contribution < 1.29 is 0 Å². The van der Waals surface area contributed by atoms with Crippen molar-refractivity contribution in [2.45, 2.75) is 78.9 Å². The summed E-state index contributed by atoms with van der Waals surface area (Å²) in [6.45, 7) is 15.1. The molecule has 0 radical (unpaired) electrons. The molecule has 0 aromatic heterocycles. The highest BCUT2D eigenvalue weighted by Gasteiger charge is 2.64. The first-order chi connectivity index (χ1) is 10.2. The summed E-state index contributed by atoms with van der Waals surface area (Å²) in [5, 5.41) is 0. The van der Waals surface area contributed by atoms with Crippen molar-refractivity contribution in [2.24, 2.45) is 46.3 Å². The topological polar surface area (TPSA) is 0 Å². The minimum absolute atomic E-state index is 0.418. The van der Waals surface area contributed by atoms with Crippen LogP contribution < -0.4 is 0 Å². The van der Waals surface area contributed by atoms with Crippen LogP contribution in [0.25, 0.3) is 0 Å². The number of fused-ring (bicyclic) bond motifs is 4. The van der Waals surface area contributed by atoms with Gasteiger partial charge in [0.1, 0.15) is 0 Å². The maximum atomic E-state index is 7.32. The number of hydrogen-bond donors (Lipinski definition) is 0. The van der Waals surface area contributed by atoms with Crippen molar-refractivity contribution in [1.29, 1.82) is 0 Å². The van der Waals surface area contributed by atoms with E-state index in [1.165, 1.54) is 25.7 Å². The van der Waals surface area contributed by atoms with Crippen molar-refractivity contribution in [2.75, 3.05) is 0 Å². The Kier molecular flexibility index (Phi) is 3.39. The number of halogens is 1. The second kappa shape index (κ2) is 4.71. The van der Waals surface area contributed by atoms with Gasteiger partial charge in [-0.2, -0.15) is 11.5 Å². The molecule has 0 unspecified atom stereocenters. The number of rotatable bonds is 2. The first-order valence-electron chi connectivity index (χ1n) is 9.79. The van der Waals surface area contributed by atoms with Crippen molar-refractivity contribution in [3.05, 3.63) is 0 Å². The van der Waals surface area contributed by atoms with Crippen LogP contribution in [0, 0.1) is 46.3 Å². The molecule has 0 amide bonds. The van der Waals surface area contributed by atoms with Gasteiger partial charge < -0.3 is 0 Å². The highest BCUT2D eigenvalue weighted by Crippen LogP contribution is 2.71. The van der Waals surface area contributed by atoms with Gasteiger partial charge >= 0.3 is 0 Å². The summed E-state index contributed by atoms with van der Waals surface area (Å²) in [7, 11) is 0. The van der Waals surface area contributed by atoms with Gasteiger partial charge in [0.15, 0.2) is 0 Å². The van der Waals surface area contributed by atoms with E-state index in [-0.39, 0.29) is 0 Å². The summed E-state index contributed by atoms with van der Waals surface area (Å²) in [6.07, 6.45) is 6.19. The molecule has 6 saturated carbocycles. The standard InChI is InChI=1S/C20H34BCl/c1-11-7-13-9-15(19(13,3)4)17(11)21(22)18-12(2)8-14-10-16(18)20(14,5)6/h11-18H,7-10H2,1-6H3/t11-,12-,13+,14+,15+,16+,17+,18+/m1/s1. The fourth-order valence-corrected chi connectivity index (χ4v) is 8.40. The van der Waals surface area contributed by atoms with Crippen molar-refractivity contribution >= 4 is 17.6 Å². The largest absolute Gasteiger partial charge is 0.258 e. The third kappa shape index (κ3) is 1.84. The zero-order valence-electron chi connectivity index (χ0n) is 15.4. The van der Waals surface area contributed by atoms with Crippen LogP contribution in [-0.4, -0.2) is 6.13 Å². The Hall–Kier alpha value is 0.355. The molecule has 6 aliphatic rings. The molecule has 4 bridgehead atoms. The zero-order chi connectivity index (χ0) is 16.0. The molecule has 6 fully saturated rings. The van der Waals surface area contributed by atoms with Gasteiger partial charge in [0.25, 0.3) is 6.13 Å². The highest BCUT2D eigenvalue weighted by atomic mass is 35.5. The van der Waals surface area contributed by atoms with Gasteiger partial charge in [0.2, 0.25) is 0 Å². The summed E-state index contributed by atoms with van der Waals surface area (Å²) in [5.41, 5.74) is 1.11. The molecule has 6 rings (SSSR count). The molecule has 0 spiro atoms. The van der Waals surface area contributed by atoms with Gasteiger partial charge in [-0.3, -0.25) is 0 Å². The highest BCUT2D eigenvalue weighted by molar-refractivity contribution is 7.08. The third-order valence-electron chi connectivity index (χ3n) is 9.38. The average Bonchev–Trinajstić information content (AvgIpc) is 2.45. The monoisotopic (exact) mass is 320 g/mol. The summed E-state index contributed by atoms with van der Waals surface area (Å²) < 4.78 is 0. The summed E-state index contributed by atoms with van der Waals surface area (Å²) in [5.74, 6) is 6.93. The van der Waals surface area contributed by atoms with Gasteiger partial charge in [-0.25, -0.2) is 0 Å². The first-order valence-corrected chi connectivity index (χ1v) is 10.2. The predicted molar refractivity (Wildman–Crippen MR) is 97.4 cm³/mol. The number of hydrogen-bond acceptors (Lipinski definition) is 0. The molecule has 0 nitrogen and oxygen atoms in total. The van der Waals surface area contributed by atoms with Gasteiger partial charge in [0.05, 0.1) is 0 Å². The lowest BCUT2D eigenvalue weighted by molar-refractivity contribution is -0.0978. The van der Waals surface area contributed by atoms with Crippen LogP contribution in [0.3, 0.4) is 0 Å². The molecule has 6 aliphatic carbocycles. The molecule has 124 valence electrons. The van der Waals surface area contributed by atoms with E-state index >= 15 is 0 Å². The lowest BCUT2D eigenvalue weighted by Gasteiger charge is -2.67. The molecular weight excluding hydrogens is 286 g/mol. The second-order valence-electron chi connectivity index (χ2n) is 10.7. The maximum Gasteiger partial charge on any atom is 0.258 e. The van der Waals surface area contributed by atoms with E-state index < -0.39 is 0 Å². The zero-order valence-corrected chi connectivity index (χ0v) is 16.2. The molecular formula is C20H34BCl. The molecule has 0 heterocycles. The SMILES string of the molecule is C[C@@H]1C[C@H]2C[C@@H]([C@H]1B(Cl)[C@H]1[C@H](C)C[C@H]3C[C@@H]1C3(C)C)C2(C)C. The summed E-state index contributed by atoms with van der Waals surface area (Å²) >= 11 is 7.32. The third-order valence-corrected chi connectivity index (χ3v) is 9.97. The second-order valence-corrected chi connectivity index (χ2v) is 11.3. The molecule has 0 aromatic carbocycles. The van der Waals surface area contributed by atoms with E-state index in [1.807, 2.05) is 0 Å². The first kappa shape index (κ1) is 15.9. The van der Waals surface area contributed by atoms with Crippen molar-refractivity contribution in [3.63, 3.8) is 0 Å². The van der Waals surface area contributed by atoms with Crippen molar-refractivity contribution in [3.8, 4) is 0 Å². The molecule has 0 aromatic rings. The lowest BCUT2D eigenvalue weighted by Crippen LogP contribution is -2.60. The van der Waals surface area contributed by atoms with Gasteiger partial charge in [0, 0.05) is 0 Å². The predicted octanol–water partition coefficient (Wildman–Crippen LogP) is 6.36. The van der Waals surface area contributed by atoms with E-state index in [1.54, 1.807) is 0 Å². The fourth-order valence-electron chi connectivity index (χ4n) is 7.55. The van der Waals surface area contributed by atoms with Crippen LogP contribution in [0.15, 0.2) is 0 Å². The van der Waals surface area contributed by atoms with E-state index in [0.717, 1.165) is 47.1 Å². The molecule has 0 saturated heterocycles. The lowest BCUT2D eigenvalue weighted by atomic mass is 9.27. The Morgan fingerprint density at radius 2 is 1.09 bits per heavy atom. The molecule has 8 atom stereocenters. The molecule has 22 heavy (non-hydrogen) atoms. The van der Waals surface area contributed by atoms with E-state index in [9.17, 15) is 0 Å². The summed E-state index contributed by atoms with van der Waals surface area (Å²) in [4.78, 5) is 0. The Bertz CT molecular complexity index is 428. The van der Waals surface area contributed by atoms with Gasteiger partial charge in [-0.05, 0) is 83.7 Å². The fraction of sp³-hybridized carbons (Fsp3) is 1.00. The molecule has 0 N–H and O–H groups in total.